The van der Waals surface area contributed by atoms with Gasteiger partial charge >= 0.3 is 0 Å². The molecule has 1 unspecified atom stereocenters. The Kier molecular flexibility index (Phi) is 6.55. The third-order valence-electron chi connectivity index (χ3n) is 2.79. The quantitative estimate of drug-likeness (QED) is 0.707. The summed E-state index contributed by atoms with van der Waals surface area (Å²) in [5, 5.41) is 9.95. The van der Waals surface area contributed by atoms with Gasteiger partial charge in [0, 0.05) is 6.07 Å². The number of ether oxygens (including phenoxy) is 1. The van der Waals surface area contributed by atoms with E-state index in [2.05, 4.69) is 16.9 Å². The maximum Gasteiger partial charge on any atom is 0.216 e. The van der Waals surface area contributed by atoms with E-state index in [0.29, 0.717) is 11.6 Å². The number of unbranched alkanes of at least 4 members (excludes halogenated alkanes) is 4. The lowest BCUT2D eigenvalue weighted by atomic mass is 10.1. The number of aliphatic hydroxyl groups is 1. The summed E-state index contributed by atoms with van der Waals surface area (Å²) in [5.74, 6) is 0.500. The van der Waals surface area contributed by atoms with Crippen LogP contribution >= 0.6 is 0 Å². The summed E-state index contributed by atoms with van der Waals surface area (Å²) < 4.78 is 5.00. The Morgan fingerprint density at radius 2 is 2.00 bits per heavy atom. The number of aliphatic hydroxyl groups excluding tert-OH is 1. The van der Waals surface area contributed by atoms with Crippen molar-refractivity contribution < 1.29 is 9.84 Å². The summed E-state index contributed by atoms with van der Waals surface area (Å²) in [6.07, 6.45) is 7.65. The Balaban J connectivity index is 2.33. The maximum atomic E-state index is 9.95. The molecule has 0 aliphatic rings. The first-order chi connectivity index (χ1) is 8.27. The van der Waals surface area contributed by atoms with E-state index in [0.717, 1.165) is 12.8 Å². The molecule has 4 heteroatoms. The molecule has 0 saturated carbocycles. The van der Waals surface area contributed by atoms with Crippen molar-refractivity contribution in [2.45, 2.75) is 51.6 Å². The molecular formula is C13H22N2O2. The van der Waals surface area contributed by atoms with Gasteiger partial charge in [0.1, 0.15) is 6.33 Å². The fourth-order valence-electron chi connectivity index (χ4n) is 1.74. The second-order valence-corrected chi connectivity index (χ2v) is 4.20. The first kappa shape index (κ1) is 13.9. The zero-order valence-electron chi connectivity index (χ0n) is 10.7. The van der Waals surface area contributed by atoms with Gasteiger partial charge in [0.2, 0.25) is 5.88 Å². The third kappa shape index (κ3) is 5.13. The molecular weight excluding hydrogens is 216 g/mol. The minimum atomic E-state index is -0.506. The summed E-state index contributed by atoms with van der Waals surface area (Å²) in [7, 11) is 1.56. The Morgan fingerprint density at radius 3 is 2.71 bits per heavy atom. The average Bonchev–Trinajstić information content (AvgIpc) is 2.38. The van der Waals surface area contributed by atoms with Crippen LogP contribution < -0.4 is 4.74 Å². The molecule has 1 aromatic heterocycles. The smallest absolute Gasteiger partial charge is 0.216 e. The van der Waals surface area contributed by atoms with E-state index in [1.807, 2.05) is 0 Å². The van der Waals surface area contributed by atoms with Crippen LogP contribution in [0.2, 0.25) is 0 Å². The number of rotatable bonds is 8. The summed E-state index contributed by atoms with van der Waals surface area (Å²) in [5.41, 5.74) is 0.646. The molecule has 0 aliphatic heterocycles. The van der Waals surface area contributed by atoms with Crippen molar-refractivity contribution in [3.63, 3.8) is 0 Å². The first-order valence-corrected chi connectivity index (χ1v) is 6.32. The summed E-state index contributed by atoms with van der Waals surface area (Å²) >= 11 is 0. The molecule has 0 aromatic carbocycles. The van der Waals surface area contributed by atoms with Gasteiger partial charge in [-0.3, -0.25) is 0 Å². The molecule has 0 amide bonds. The highest BCUT2D eigenvalue weighted by molar-refractivity contribution is 5.15. The van der Waals surface area contributed by atoms with Crippen molar-refractivity contribution in [3.8, 4) is 5.88 Å². The van der Waals surface area contributed by atoms with E-state index in [9.17, 15) is 5.11 Å². The number of nitrogens with zero attached hydrogens (tertiary/aromatic N) is 2. The normalized spacial score (nSPS) is 12.4. The second kappa shape index (κ2) is 8.01. The first-order valence-electron chi connectivity index (χ1n) is 6.32. The number of aromatic nitrogens is 2. The van der Waals surface area contributed by atoms with Gasteiger partial charge in [-0.05, 0) is 6.42 Å². The molecule has 96 valence electrons. The van der Waals surface area contributed by atoms with Crippen molar-refractivity contribution >= 4 is 0 Å². The summed E-state index contributed by atoms with van der Waals surface area (Å²) in [6.45, 7) is 2.20. The number of hydrogen-bond acceptors (Lipinski definition) is 4. The Labute approximate surface area is 103 Å². The van der Waals surface area contributed by atoms with E-state index in [1.54, 1.807) is 13.2 Å². The van der Waals surface area contributed by atoms with Crippen LogP contribution in [0.4, 0.5) is 0 Å². The van der Waals surface area contributed by atoms with Gasteiger partial charge in [0.25, 0.3) is 0 Å². The highest BCUT2D eigenvalue weighted by Crippen LogP contribution is 2.20. The van der Waals surface area contributed by atoms with Crippen LogP contribution in [0.15, 0.2) is 12.4 Å². The molecule has 0 radical (unpaired) electrons. The molecule has 0 spiro atoms. The van der Waals surface area contributed by atoms with E-state index < -0.39 is 6.10 Å². The standard InChI is InChI=1S/C13H22N2O2/c1-3-4-5-6-7-8-12(16)11-9-13(17-2)15-10-14-11/h9-10,12,16H,3-8H2,1-2H3. The van der Waals surface area contributed by atoms with Crippen molar-refractivity contribution in [1.82, 2.24) is 9.97 Å². The molecule has 1 aromatic rings. The zero-order valence-corrected chi connectivity index (χ0v) is 10.7. The van der Waals surface area contributed by atoms with E-state index >= 15 is 0 Å². The van der Waals surface area contributed by atoms with Gasteiger partial charge < -0.3 is 9.84 Å². The van der Waals surface area contributed by atoms with Gasteiger partial charge in [-0.2, -0.15) is 0 Å². The highest BCUT2D eigenvalue weighted by atomic mass is 16.5. The second-order valence-electron chi connectivity index (χ2n) is 4.20. The predicted octanol–water partition coefficient (Wildman–Crippen LogP) is 2.88. The minimum Gasteiger partial charge on any atom is -0.481 e. The van der Waals surface area contributed by atoms with Crippen molar-refractivity contribution in [2.75, 3.05) is 7.11 Å². The lowest BCUT2D eigenvalue weighted by Crippen LogP contribution is -2.02. The van der Waals surface area contributed by atoms with Gasteiger partial charge in [-0.15, -0.1) is 0 Å². The summed E-state index contributed by atoms with van der Waals surface area (Å²) in [4.78, 5) is 7.98. The van der Waals surface area contributed by atoms with Crippen LogP contribution in [0.1, 0.15) is 57.2 Å². The number of methoxy groups -OCH3 is 1. The van der Waals surface area contributed by atoms with Gasteiger partial charge in [-0.1, -0.05) is 39.0 Å². The predicted molar refractivity (Wildman–Crippen MR) is 66.9 cm³/mol. The lowest BCUT2D eigenvalue weighted by Gasteiger charge is -2.10. The summed E-state index contributed by atoms with van der Waals surface area (Å²) in [6, 6.07) is 1.69. The minimum absolute atomic E-state index is 0.500. The average molecular weight is 238 g/mol. The Hall–Kier alpha value is -1.16. The molecule has 1 atom stereocenters. The van der Waals surface area contributed by atoms with Gasteiger partial charge in [0.05, 0.1) is 18.9 Å². The van der Waals surface area contributed by atoms with Crippen LogP contribution in [-0.4, -0.2) is 22.2 Å². The van der Waals surface area contributed by atoms with Gasteiger partial charge in [-0.25, -0.2) is 9.97 Å². The molecule has 1 N–H and O–H groups in total. The molecule has 1 heterocycles. The highest BCUT2D eigenvalue weighted by Gasteiger charge is 2.09. The topological polar surface area (TPSA) is 55.2 Å². The van der Waals surface area contributed by atoms with Crippen LogP contribution in [-0.2, 0) is 0 Å². The molecule has 0 aliphatic carbocycles. The van der Waals surface area contributed by atoms with E-state index in [4.69, 9.17) is 4.74 Å². The molecule has 0 fully saturated rings. The molecule has 1 rings (SSSR count). The maximum absolute atomic E-state index is 9.95. The van der Waals surface area contributed by atoms with Crippen molar-refractivity contribution in [1.29, 1.82) is 0 Å². The molecule has 4 nitrogen and oxygen atoms in total. The monoisotopic (exact) mass is 238 g/mol. The zero-order chi connectivity index (χ0) is 12.5. The van der Waals surface area contributed by atoms with Crippen molar-refractivity contribution in [2.24, 2.45) is 0 Å². The Bertz CT molecular complexity index is 318. The largest absolute Gasteiger partial charge is 0.481 e. The van der Waals surface area contributed by atoms with Crippen LogP contribution in [0.5, 0.6) is 5.88 Å². The SMILES string of the molecule is CCCCCCCC(O)c1cc(OC)ncn1. The third-order valence-corrected chi connectivity index (χ3v) is 2.79. The van der Waals surface area contributed by atoms with Crippen LogP contribution in [0.25, 0.3) is 0 Å². The molecule has 17 heavy (non-hydrogen) atoms. The van der Waals surface area contributed by atoms with Gasteiger partial charge in [0.15, 0.2) is 0 Å². The Morgan fingerprint density at radius 1 is 1.24 bits per heavy atom. The van der Waals surface area contributed by atoms with Crippen LogP contribution in [0, 0.1) is 0 Å². The lowest BCUT2D eigenvalue weighted by molar-refractivity contribution is 0.158. The fourth-order valence-corrected chi connectivity index (χ4v) is 1.74. The number of hydrogen-bond donors (Lipinski definition) is 1. The molecule has 0 saturated heterocycles. The molecule has 0 bridgehead atoms. The fraction of sp³-hybridized carbons (Fsp3) is 0.692. The van der Waals surface area contributed by atoms with E-state index in [-0.39, 0.29) is 0 Å². The van der Waals surface area contributed by atoms with Crippen LogP contribution in [0.3, 0.4) is 0 Å². The van der Waals surface area contributed by atoms with Crippen molar-refractivity contribution in [3.05, 3.63) is 18.1 Å². The van der Waals surface area contributed by atoms with E-state index in [1.165, 1.54) is 32.0 Å².